The van der Waals surface area contributed by atoms with Crippen LogP contribution < -0.4 is 16.0 Å². The number of guanidine groups is 1. The summed E-state index contributed by atoms with van der Waals surface area (Å²) in [4.78, 5) is 16.6. The normalized spacial score (nSPS) is 16.3. The third kappa shape index (κ3) is 11.1. The Morgan fingerprint density at radius 2 is 2.17 bits per heavy atom. The van der Waals surface area contributed by atoms with Crippen LogP contribution in [-0.2, 0) is 20.8 Å². The van der Waals surface area contributed by atoms with Gasteiger partial charge in [-0.2, -0.15) is 0 Å². The van der Waals surface area contributed by atoms with Crippen LogP contribution in [0, 0.1) is 5.92 Å². The molecule has 0 aromatic heterocycles. The van der Waals surface area contributed by atoms with E-state index in [1.54, 1.807) is 0 Å². The lowest BCUT2D eigenvalue weighted by Crippen LogP contribution is -2.38. The Kier molecular flexibility index (Phi) is 13.7. The molecule has 1 atom stereocenters. The van der Waals surface area contributed by atoms with E-state index in [9.17, 15) is 4.79 Å². The smallest absolute Gasteiger partial charge is 0.224 e. The van der Waals surface area contributed by atoms with Crippen LogP contribution in [0.2, 0.25) is 0 Å². The number of benzene rings is 1. The van der Waals surface area contributed by atoms with Gasteiger partial charge in [0.15, 0.2) is 5.96 Å². The zero-order chi connectivity index (χ0) is 20.9. The summed E-state index contributed by atoms with van der Waals surface area (Å²) < 4.78 is 11.1. The Labute approximate surface area is 197 Å². The van der Waals surface area contributed by atoms with E-state index in [0.29, 0.717) is 25.5 Å². The minimum Gasteiger partial charge on any atom is -0.379 e. The van der Waals surface area contributed by atoms with Crippen LogP contribution in [0.1, 0.15) is 45.6 Å². The zero-order valence-corrected chi connectivity index (χ0v) is 20.7. The number of hydrogen-bond acceptors (Lipinski definition) is 4. The summed E-state index contributed by atoms with van der Waals surface area (Å²) in [6.45, 7) is 10.5. The molecule has 1 amide bonds. The summed E-state index contributed by atoms with van der Waals surface area (Å²) in [5, 5.41) is 9.56. The van der Waals surface area contributed by atoms with Crippen molar-refractivity contribution < 1.29 is 14.3 Å². The topological polar surface area (TPSA) is 84.0 Å². The first-order valence-electron chi connectivity index (χ1n) is 10.7. The highest BCUT2D eigenvalue weighted by Gasteiger charge is 2.15. The van der Waals surface area contributed by atoms with Crippen molar-refractivity contribution in [2.24, 2.45) is 10.9 Å². The first kappa shape index (κ1) is 26.6. The fourth-order valence-electron chi connectivity index (χ4n) is 3.02. The largest absolute Gasteiger partial charge is 0.379 e. The molecule has 1 aliphatic rings. The van der Waals surface area contributed by atoms with Gasteiger partial charge in [0, 0.05) is 38.4 Å². The zero-order valence-electron chi connectivity index (χ0n) is 18.4. The highest BCUT2D eigenvalue weighted by atomic mass is 127. The lowest BCUT2D eigenvalue weighted by Gasteiger charge is -2.13. The molecule has 8 heteroatoms. The molecule has 0 bridgehead atoms. The molecule has 30 heavy (non-hydrogen) atoms. The number of rotatable bonds is 11. The van der Waals surface area contributed by atoms with Gasteiger partial charge in [-0.1, -0.05) is 26.0 Å². The summed E-state index contributed by atoms with van der Waals surface area (Å²) in [6, 6.07) is 7.84. The Bertz CT molecular complexity index is 649. The van der Waals surface area contributed by atoms with E-state index in [1.165, 1.54) is 0 Å². The molecule has 170 valence electrons. The molecule has 7 nitrogen and oxygen atoms in total. The molecule has 1 heterocycles. The molecule has 0 radical (unpaired) electrons. The highest BCUT2D eigenvalue weighted by molar-refractivity contribution is 14.0. The molecule has 1 aliphatic heterocycles. The maximum absolute atomic E-state index is 12.0. The first-order valence-corrected chi connectivity index (χ1v) is 10.7. The van der Waals surface area contributed by atoms with Gasteiger partial charge in [-0.15, -0.1) is 24.0 Å². The van der Waals surface area contributed by atoms with Crippen molar-refractivity contribution in [2.75, 3.05) is 38.2 Å². The van der Waals surface area contributed by atoms with Gasteiger partial charge in [-0.25, -0.2) is 4.99 Å². The van der Waals surface area contributed by atoms with Gasteiger partial charge < -0.3 is 25.4 Å². The molecule has 0 spiro atoms. The van der Waals surface area contributed by atoms with Crippen molar-refractivity contribution in [3.8, 4) is 0 Å². The molecule has 0 aliphatic carbocycles. The average molecular weight is 532 g/mol. The minimum atomic E-state index is 0. The quantitative estimate of drug-likeness (QED) is 0.176. The summed E-state index contributed by atoms with van der Waals surface area (Å²) in [5.41, 5.74) is 1.86. The van der Waals surface area contributed by atoms with Crippen molar-refractivity contribution in [1.29, 1.82) is 0 Å². The monoisotopic (exact) mass is 532 g/mol. The van der Waals surface area contributed by atoms with Crippen molar-refractivity contribution in [3.63, 3.8) is 0 Å². The fraction of sp³-hybridized carbons (Fsp3) is 0.636. The highest BCUT2D eigenvalue weighted by Crippen LogP contribution is 2.13. The van der Waals surface area contributed by atoms with E-state index in [1.807, 2.05) is 45.0 Å². The molecular formula is C22H37IN4O3. The molecule has 1 unspecified atom stereocenters. The van der Waals surface area contributed by atoms with Crippen molar-refractivity contribution in [1.82, 2.24) is 10.6 Å². The number of ether oxygens (including phenoxy) is 2. The second-order valence-corrected chi connectivity index (χ2v) is 7.68. The number of hydrogen-bond donors (Lipinski definition) is 3. The van der Waals surface area contributed by atoms with E-state index < -0.39 is 0 Å². The lowest BCUT2D eigenvalue weighted by molar-refractivity contribution is -0.116. The van der Waals surface area contributed by atoms with Crippen LogP contribution in [0.5, 0.6) is 0 Å². The number of aliphatic imine (C=N–C) groups is 1. The second kappa shape index (κ2) is 15.4. The van der Waals surface area contributed by atoms with Gasteiger partial charge >= 0.3 is 0 Å². The van der Waals surface area contributed by atoms with Crippen molar-refractivity contribution >= 4 is 41.5 Å². The van der Waals surface area contributed by atoms with Gasteiger partial charge in [0.25, 0.3) is 0 Å². The Morgan fingerprint density at radius 3 is 2.87 bits per heavy atom. The number of halogens is 1. The number of carbonyl (C=O) groups is 1. The van der Waals surface area contributed by atoms with Gasteiger partial charge in [0.05, 0.1) is 19.3 Å². The summed E-state index contributed by atoms with van der Waals surface area (Å²) in [6.07, 6.45) is 2.69. The molecule has 1 saturated heterocycles. The van der Waals surface area contributed by atoms with Gasteiger partial charge in [0.1, 0.15) is 0 Å². The predicted octanol–water partition coefficient (Wildman–Crippen LogP) is 3.54. The van der Waals surface area contributed by atoms with Crippen LogP contribution in [0.25, 0.3) is 0 Å². The van der Waals surface area contributed by atoms with Crippen LogP contribution in [0.15, 0.2) is 29.3 Å². The van der Waals surface area contributed by atoms with E-state index in [4.69, 9.17) is 9.47 Å². The molecule has 1 aromatic rings. The van der Waals surface area contributed by atoms with Crippen molar-refractivity contribution in [2.45, 2.75) is 52.7 Å². The molecule has 2 rings (SSSR count). The third-order valence-electron chi connectivity index (χ3n) is 4.42. The molecule has 0 saturated carbocycles. The number of amides is 1. The maximum Gasteiger partial charge on any atom is 0.224 e. The molecule has 1 aromatic carbocycles. The Balaban J connectivity index is 0.00000450. The summed E-state index contributed by atoms with van der Waals surface area (Å²) in [5.74, 6) is 1.17. The standard InChI is InChI=1S/C22H36N4O3.HI/c1-4-23-22(24-10-6-11-29-20-9-12-28-16-20)25-15-18-7-5-8-19(14-18)26-21(27)13-17(2)3;/h5,7-8,14,17,20H,4,6,9-13,15-16H2,1-3H3,(H,26,27)(H2,23,24,25);1H. The lowest BCUT2D eigenvalue weighted by atomic mass is 10.1. The van der Waals surface area contributed by atoms with Crippen LogP contribution in [0.4, 0.5) is 5.69 Å². The predicted molar refractivity (Wildman–Crippen MR) is 133 cm³/mol. The van der Waals surface area contributed by atoms with Crippen LogP contribution in [-0.4, -0.2) is 50.9 Å². The fourth-order valence-corrected chi connectivity index (χ4v) is 3.02. The number of anilines is 1. The Hall–Kier alpha value is -1.39. The summed E-state index contributed by atoms with van der Waals surface area (Å²) >= 11 is 0. The minimum absolute atomic E-state index is 0. The van der Waals surface area contributed by atoms with E-state index >= 15 is 0 Å². The Morgan fingerprint density at radius 1 is 1.33 bits per heavy atom. The van der Waals surface area contributed by atoms with Crippen LogP contribution >= 0.6 is 24.0 Å². The SMILES string of the molecule is CCNC(=NCc1cccc(NC(=O)CC(C)C)c1)NCCCOC1CCOC1.I. The first-order chi connectivity index (χ1) is 14.1. The molecule has 3 N–H and O–H groups in total. The number of nitrogens with one attached hydrogen (secondary N) is 3. The second-order valence-electron chi connectivity index (χ2n) is 7.68. The average Bonchev–Trinajstić information content (AvgIpc) is 3.19. The van der Waals surface area contributed by atoms with E-state index in [0.717, 1.165) is 56.4 Å². The van der Waals surface area contributed by atoms with E-state index in [2.05, 4.69) is 20.9 Å². The van der Waals surface area contributed by atoms with Gasteiger partial charge in [0.2, 0.25) is 5.91 Å². The van der Waals surface area contributed by atoms with Gasteiger partial charge in [-0.05, 0) is 43.4 Å². The van der Waals surface area contributed by atoms with Crippen molar-refractivity contribution in [3.05, 3.63) is 29.8 Å². The number of nitrogens with zero attached hydrogens (tertiary/aromatic N) is 1. The maximum atomic E-state index is 12.0. The molecule has 1 fully saturated rings. The van der Waals surface area contributed by atoms with E-state index in [-0.39, 0.29) is 36.0 Å². The third-order valence-corrected chi connectivity index (χ3v) is 4.42. The summed E-state index contributed by atoms with van der Waals surface area (Å²) in [7, 11) is 0. The molecular weight excluding hydrogens is 495 g/mol. The van der Waals surface area contributed by atoms with Gasteiger partial charge in [-0.3, -0.25) is 4.79 Å². The van der Waals surface area contributed by atoms with Crippen LogP contribution in [0.3, 0.4) is 0 Å². The number of carbonyl (C=O) groups excluding carboxylic acids is 1.